The zero-order chi connectivity index (χ0) is 23.6. The van der Waals surface area contributed by atoms with Gasteiger partial charge < -0.3 is 10.5 Å². The second kappa shape index (κ2) is 6.75. The number of aromatic nitrogens is 3. The van der Waals surface area contributed by atoms with E-state index >= 15 is 0 Å². The van der Waals surface area contributed by atoms with Crippen molar-refractivity contribution in [1.29, 1.82) is 0 Å². The molecule has 6 nitrogen and oxygen atoms in total. The van der Waals surface area contributed by atoms with Gasteiger partial charge in [-0.05, 0) is 49.7 Å². The summed E-state index contributed by atoms with van der Waals surface area (Å²) in [5.74, 6) is 2.91. The van der Waals surface area contributed by atoms with Gasteiger partial charge in [-0.1, -0.05) is 6.92 Å². The molecule has 34 heavy (non-hydrogen) atoms. The van der Waals surface area contributed by atoms with Gasteiger partial charge >= 0.3 is 6.18 Å². The van der Waals surface area contributed by atoms with Crippen LogP contribution in [0.5, 0.6) is 0 Å². The average Bonchev–Trinajstić information content (AvgIpc) is 3.27. The molecule has 2 aromatic heterocycles. The van der Waals surface area contributed by atoms with Crippen molar-refractivity contribution in [2.24, 2.45) is 29.6 Å². The number of likely N-dealkylation sites (tertiary alicyclic amines) is 1. The van der Waals surface area contributed by atoms with Gasteiger partial charge in [0.1, 0.15) is 5.82 Å². The second-order valence-corrected chi connectivity index (χ2v) is 11.2. The first kappa shape index (κ1) is 21.2. The molecule has 2 bridgehead atoms. The maximum absolute atomic E-state index is 13.4. The number of alkyl halides is 3. The molecule has 0 radical (unpaired) electrons. The summed E-state index contributed by atoms with van der Waals surface area (Å²) < 4.78 is 48.1. The van der Waals surface area contributed by atoms with E-state index in [1.54, 1.807) is 0 Å². The normalized spacial score (nSPS) is 38.7. The van der Waals surface area contributed by atoms with Gasteiger partial charge in [0.2, 0.25) is 0 Å². The highest BCUT2D eigenvalue weighted by molar-refractivity contribution is 5.65. The topological polar surface area (TPSA) is 69.2 Å². The summed E-state index contributed by atoms with van der Waals surface area (Å²) in [5, 5.41) is 4.84. The molecule has 4 heterocycles. The number of nitrogen functional groups attached to an aromatic ring is 1. The number of fused-ring (bicyclic) bond motifs is 2. The van der Waals surface area contributed by atoms with Crippen LogP contribution in [0.15, 0.2) is 18.3 Å². The molecule has 0 aromatic carbocycles. The Balaban J connectivity index is 1.22. The van der Waals surface area contributed by atoms with Crippen molar-refractivity contribution in [1.82, 2.24) is 19.7 Å². The fourth-order valence-corrected chi connectivity index (χ4v) is 7.77. The lowest BCUT2D eigenvalue weighted by Crippen LogP contribution is -2.34. The quantitative estimate of drug-likeness (QED) is 0.712. The van der Waals surface area contributed by atoms with Crippen LogP contribution in [0.25, 0.3) is 11.3 Å². The lowest BCUT2D eigenvalue weighted by atomic mass is 9.99. The molecule has 0 amide bonds. The number of hydrogen-bond donors (Lipinski definition) is 1. The molecule has 8 rings (SSSR count). The molecule has 8 unspecified atom stereocenters. The van der Waals surface area contributed by atoms with Crippen LogP contribution in [0.3, 0.4) is 0 Å². The predicted octanol–water partition coefficient (Wildman–Crippen LogP) is 3.98. The summed E-state index contributed by atoms with van der Waals surface area (Å²) in [7, 11) is 0. The Bertz CT molecular complexity index is 1150. The molecule has 2 N–H and O–H groups in total. The summed E-state index contributed by atoms with van der Waals surface area (Å²) in [5.41, 5.74) is 6.94. The van der Waals surface area contributed by atoms with Crippen LogP contribution in [0.2, 0.25) is 0 Å². The number of rotatable bonds is 5. The van der Waals surface area contributed by atoms with Crippen molar-refractivity contribution in [2.75, 3.05) is 32.0 Å². The zero-order valence-electron chi connectivity index (χ0n) is 19.4. The van der Waals surface area contributed by atoms with Crippen LogP contribution >= 0.6 is 0 Å². The van der Waals surface area contributed by atoms with E-state index in [2.05, 4.69) is 28.4 Å². The number of anilines is 1. The molecule has 2 saturated heterocycles. The van der Waals surface area contributed by atoms with Crippen LogP contribution in [0.4, 0.5) is 19.0 Å². The smallest absolute Gasteiger partial charge is 0.383 e. The van der Waals surface area contributed by atoms with Crippen molar-refractivity contribution in [3.63, 3.8) is 0 Å². The van der Waals surface area contributed by atoms with Gasteiger partial charge in [-0.2, -0.15) is 18.3 Å². The van der Waals surface area contributed by atoms with E-state index in [4.69, 9.17) is 15.6 Å². The van der Waals surface area contributed by atoms with E-state index in [9.17, 15) is 13.2 Å². The third-order valence-corrected chi connectivity index (χ3v) is 9.67. The summed E-state index contributed by atoms with van der Waals surface area (Å²) >= 11 is 0. The Labute approximate surface area is 196 Å². The molecule has 6 aliphatic rings. The predicted molar refractivity (Wildman–Crippen MR) is 120 cm³/mol. The minimum atomic E-state index is -4.54. The molecule has 0 spiro atoms. The first-order chi connectivity index (χ1) is 16.2. The number of nitrogens with two attached hydrogens (primary N) is 1. The highest BCUT2D eigenvalue weighted by Gasteiger charge is 2.93. The molecule has 182 valence electrons. The minimum Gasteiger partial charge on any atom is -0.383 e. The van der Waals surface area contributed by atoms with E-state index in [-0.39, 0.29) is 11.5 Å². The number of hydrogen-bond acceptors (Lipinski definition) is 5. The Hall–Kier alpha value is -2.13. The molecular formula is C25H30F3N5O. The van der Waals surface area contributed by atoms with Crippen molar-refractivity contribution in [3.05, 3.63) is 29.6 Å². The molecule has 2 aliphatic heterocycles. The van der Waals surface area contributed by atoms with Crippen molar-refractivity contribution in [3.8, 4) is 11.3 Å². The van der Waals surface area contributed by atoms with Crippen LogP contribution < -0.4 is 5.73 Å². The fraction of sp³-hybridized carbons (Fsp3) is 0.680. The highest BCUT2D eigenvalue weighted by Crippen LogP contribution is 2.91. The average molecular weight is 474 g/mol. The van der Waals surface area contributed by atoms with E-state index in [1.807, 2.05) is 6.07 Å². The van der Waals surface area contributed by atoms with Gasteiger partial charge in [0.05, 0.1) is 24.5 Å². The number of pyridine rings is 1. The summed E-state index contributed by atoms with van der Waals surface area (Å²) in [4.78, 5) is 6.56. The zero-order valence-corrected chi connectivity index (χ0v) is 19.4. The lowest BCUT2D eigenvalue weighted by Gasteiger charge is -2.25. The monoisotopic (exact) mass is 473 g/mol. The van der Waals surface area contributed by atoms with Gasteiger partial charge in [0, 0.05) is 59.9 Å². The molecule has 4 aliphatic carbocycles. The first-order valence-electron chi connectivity index (χ1n) is 12.5. The van der Waals surface area contributed by atoms with Crippen LogP contribution in [0, 0.1) is 29.6 Å². The first-order valence-corrected chi connectivity index (χ1v) is 12.5. The summed E-state index contributed by atoms with van der Waals surface area (Å²) in [6.07, 6.45) is -0.985. The largest absolute Gasteiger partial charge is 0.419 e. The van der Waals surface area contributed by atoms with Crippen molar-refractivity contribution < 1.29 is 17.9 Å². The molecule has 6 fully saturated rings. The molecule has 2 aromatic rings. The van der Waals surface area contributed by atoms with Gasteiger partial charge in [-0.15, -0.1) is 0 Å². The summed E-state index contributed by atoms with van der Waals surface area (Å²) in [6, 6.07) is 3.94. The van der Waals surface area contributed by atoms with Gasteiger partial charge in [0.25, 0.3) is 0 Å². The van der Waals surface area contributed by atoms with E-state index in [0.717, 1.165) is 38.8 Å². The third-order valence-electron chi connectivity index (χ3n) is 9.67. The Morgan fingerprint density at radius 2 is 1.94 bits per heavy atom. The Morgan fingerprint density at radius 1 is 1.21 bits per heavy atom. The molecule has 4 saturated carbocycles. The van der Waals surface area contributed by atoms with Gasteiger partial charge in [-0.3, -0.25) is 9.58 Å². The Kier molecular flexibility index (Phi) is 4.21. The molecule has 8 atom stereocenters. The van der Waals surface area contributed by atoms with E-state index in [0.29, 0.717) is 46.9 Å². The fourth-order valence-electron chi connectivity index (χ4n) is 7.77. The number of halogens is 3. The number of nitrogens with zero attached hydrogens (tertiary/aromatic N) is 4. The maximum atomic E-state index is 13.4. The minimum absolute atomic E-state index is 0.168. The van der Waals surface area contributed by atoms with Crippen molar-refractivity contribution in [2.45, 2.75) is 50.4 Å². The van der Waals surface area contributed by atoms with Crippen molar-refractivity contribution >= 4 is 5.82 Å². The second-order valence-electron chi connectivity index (χ2n) is 11.2. The maximum Gasteiger partial charge on any atom is 0.419 e. The highest BCUT2D eigenvalue weighted by atomic mass is 19.4. The Morgan fingerprint density at radius 3 is 2.59 bits per heavy atom. The van der Waals surface area contributed by atoms with Gasteiger partial charge in [-0.25, -0.2) is 4.98 Å². The van der Waals surface area contributed by atoms with Crippen LogP contribution in [-0.4, -0.2) is 52.0 Å². The van der Waals surface area contributed by atoms with Crippen LogP contribution in [0.1, 0.15) is 44.0 Å². The standard InChI is InChI=1S/C25H30F3N5O/c1-3-12(2)33-20(6-18(31-33)13-4-17(25(26,27)28)23(29)30-7-13)24-16-5-19(22(24)21(16)24)32-8-14-10-34-11-15(14)9-32/h4,6-7,12,14-16,19,21-22H,3,5,8-11H2,1-2H3,(H2,29,30). The SMILES string of the molecule is CCC(C)n1nc(-c2cnc(N)c(C(F)(F)F)c2)cc1C12C3CC(N4CC5COCC5C4)C1C32. The van der Waals surface area contributed by atoms with E-state index < -0.39 is 17.6 Å². The van der Waals surface area contributed by atoms with Gasteiger partial charge in [0.15, 0.2) is 0 Å². The lowest BCUT2D eigenvalue weighted by molar-refractivity contribution is -0.137. The third kappa shape index (κ3) is 2.65. The van der Waals surface area contributed by atoms with E-state index in [1.165, 1.54) is 18.3 Å². The van der Waals surface area contributed by atoms with Crippen LogP contribution in [-0.2, 0) is 16.3 Å². The number of ether oxygens (including phenoxy) is 1. The summed E-state index contributed by atoms with van der Waals surface area (Å²) in [6.45, 7) is 8.36. The molecule has 9 heteroatoms. The molecular weight excluding hydrogens is 443 g/mol.